The Bertz CT molecular complexity index is 882. The van der Waals surface area contributed by atoms with Crippen LogP contribution in [0.15, 0.2) is 42.5 Å². The van der Waals surface area contributed by atoms with Gasteiger partial charge in [-0.3, -0.25) is 10.1 Å². The molecule has 0 unspecified atom stereocenters. The van der Waals surface area contributed by atoms with Crippen LogP contribution in [0.3, 0.4) is 0 Å². The Morgan fingerprint density at radius 2 is 1.92 bits per heavy atom. The Labute approximate surface area is 158 Å². The summed E-state index contributed by atoms with van der Waals surface area (Å²) < 4.78 is 5.68. The number of nitrogens with zero attached hydrogens (tertiary/aromatic N) is 1. The van der Waals surface area contributed by atoms with E-state index in [0.717, 1.165) is 12.1 Å². The predicted molar refractivity (Wildman–Crippen MR) is 96.5 cm³/mol. The molecule has 2 N–H and O–H groups in total. The van der Waals surface area contributed by atoms with E-state index in [1.165, 1.54) is 24.3 Å². The lowest BCUT2D eigenvalue weighted by Gasteiger charge is -2.13. The van der Waals surface area contributed by atoms with Crippen molar-refractivity contribution in [3.63, 3.8) is 0 Å². The van der Waals surface area contributed by atoms with Crippen LogP contribution in [0.25, 0.3) is 0 Å². The molecule has 0 aliphatic heterocycles. The van der Waals surface area contributed by atoms with E-state index < -0.39 is 22.1 Å². The highest BCUT2D eigenvalue weighted by atomic mass is 35.5. The number of nitro benzene ring substituents is 1. The van der Waals surface area contributed by atoms with Crippen molar-refractivity contribution in [1.82, 2.24) is 0 Å². The maximum atomic E-state index is 11.4. The number of hydrogen-bond acceptors (Lipinski definition) is 5. The van der Waals surface area contributed by atoms with Crippen molar-refractivity contribution < 1.29 is 24.7 Å². The summed E-state index contributed by atoms with van der Waals surface area (Å²) in [4.78, 5) is 21.8. The van der Waals surface area contributed by atoms with Gasteiger partial charge in [0.05, 0.1) is 16.6 Å². The molecule has 0 fully saturated rings. The molecule has 0 saturated carbocycles. The number of benzene rings is 2. The molecule has 0 aromatic heterocycles. The van der Waals surface area contributed by atoms with E-state index in [1.54, 1.807) is 6.08 Å². The van der Waals surface area contributed by atoms with E-state index in [9.17, 15) is 20.0 Å². The average molecular weight is 398 g/mol. The van der Waals surface area contributed by atoms with Crippen molar-refractivity contribution in [2.45, 2.75) is 6.42 Å². The Morgan fingerprint density at radius 3 is 2.50 bits per heavy atom. The number of aliphatic hydroxyl groups is 1. The molecule has 2 rings (SSSR count). The molecule has 2 aromatic rings. The third-order valence-electron chi connectivity index (χ3n) is 3.33. The fourth-order valence-corrected chi connectivity index (χ4v) is 2.60. The zero-order chi connectivity index (χ0) is 19.3. The summed E-state index contributed by atoms with van der Waals surface area (Å²) in [5.41, 5.74) is -0.707. The first-order chi connectivity index (χ1) is 12.3. The predicted octanol–water partition coefficient (Wildman–Crippen LogP) is 4.48. The number of aliphatic hydroxyl groups excluding tert-OH is 1. The zero-order valence-corrected chi connectivity index (χ0v) is 14.7. The molecular formula is C17H13Cl2NO6. The summed E-state index contributed by atoms with van der Waals surface area (Å²) in [6, 6.07) is 6.70. The number of carboxylic acid groups (broad SMARTS) is 1. The number of rotatable bonds is 7. The van der Waals surface area contributed by atoms with Crippen molar-refractivity contribution in [3.05, 3.63) is 73.8 Å². The molecular weight excluding hydrogens is 385 g/mol. The summed E-state index contributed by atoms with van der Waals surface area (Å²) in [6.07, 6.45) is 3.22. The van der Waals surface area contributed by atoms with E-state index in [2.05, 4.69) is 0 Å². The number of hydrogen-bond donors (Lipinski definition) is 2. The normalized spacial score (nSPS) is 10.9. The average Bonchev–Trinajstić information content (AvgIpc) is 2.57. The van der Waals surface area contributed by atoms with Crippen molar-refractivity contribution in [1.29, 1.82) is 0 Å². The first kappa shape index (κ1) is 19.7. The molecule has 0 heterocycles. The lowest BCUT2D eigenvalue weighted by atomic mass is 10.0. The first-order valence-corrected chi connectivity index (χ1v) is 8.02. The minimum atomic E-state index is -1.46. The highest BCUT2D eigenvalue weighted by Gasteiger charge is 2.24. The quantitative estimate of drug-likeness (QED) is 0.404. The molecule has 26 heavy (non-hydrogen) atoms. The van der Waals surface area contributed by atoms with Gasteiger partial charge in [-0.05, 0) is 24.6 Å². The number of aromatic carboxylic acids is 1. The number of allylic oxidation sites excluding steroid dienone is 1. The molecule has 9 heteroatoms. The minimum absolute atomic E-state index is 0.0970. The second-order valence-electron chi connectivity index (χ2n) is 5.07. The summed E-state index contributed by atoms with van der Waals surface area (Å²) >= 11 is 11.9. The third-order valence-corrected chi connectivity index (χ3v) is 3.86. The van der Waals surface area contributed by atoms with Gasteiger partial charge in [-0.1, -0.05) is 35.4 Å². The van der Waals surface area contributed by atoms with Gasteiger partial charge in [-0.25, -0.2) is 4.79 Å². The lowest BCUT2D eigenvalue weighted by Crippen LogP contribution is -2.05. The summed E-state index contributed by atoms with van der Waals surface area (Å²) in [7, 11) is 0. The van der Waals surface area contributed by atoms with E-state index in [4.69, 9.17) is 33.0 Å². The van der Waals surface area contributed by atoms with Gasteiger partial charge in [0.2, 0.25) is 0 Å². The van der Waals surface area contributed by atoms with E-state index >= 15 is 0 Å². The molecule has 0 amide bonds. The lowest BCUT2D eigenvalue weighted by molar-refractivity contribution is -0.385. The number of ether oxygens (including phenoxy) is 1. The third kappa shape index (κ3) is 4.72. The highest BCUT2D eigenvalue weighted by molar-refractivity contribution is 6.35. The molecule has 0 aliphatic carbocycles. The number of carboxylic acids is 1. The highest BCUT2D eigenvalue weighted by Crippen LogP contribution is 2.36. The van der Waals surface area contributed by atoms with Gasteiger partial charge >= 0.3 is 5.97 Å². The number of carbonyl (C=O) groups is 1. The smallest absolute Gasteiger partial charge is 0.342 e. The van der Waals surface area contributed by atoms with E-state index in [-0.39, 0.29) is 29.5 Å². The number of nitro groups is 1. The van der Waals surface area contributed by atoms with Crippen molar-refractivity contribution in [3.8, 4) is 11.5 Å². The number of halogens is 2. The molecule has 0 bridgehead atoms. The molecule has 0 spiro atoms. The van der Waals surface area contributed by atoms with Gasteiger partial charge in [0.1, 0.15) is 17.1 Å². The molecule has 0 radical (unpaired) electrons. The van der Waals surface area contributed by atoms with Gasteiger partial charge < -0.3 is 14.9 Å². The second kappa shape index (κ2) is 8.66. The van der Waals surface area contributed by atoms with Crippen LogP contribution in [0.1, 0.15) is 15.9 Å². The molecule has 0 saturated heterocycles. The molecule has 136 valence electrons. The van der Waals surface area contributed by atoms with Crippen molar-refractivity contribution in [2.24, 2.45) is 0 Å². The van der Waals surface area contributed by atoms with Crippen LogP contribution in [0.4, 0.5) is 5.69 Å². The second-order valence-corrected chi connectivity index (χ2v) is 5.92. The first-order valence-electron chi connectivity index (χ1n) is 7.27. The van der Waals surface area contributed by atoms with Crippen LogP contribution in [0.5, 0.6) is 11.5 Å². The van der Waals surface area contributed by atoms with Gasteiger partial charge in [-0.15, -0.1) is 0 Å². The van der Waals surface area contributed by atoms with Crippen LogP contribution in [-0.4, -0.2) is 27.7 Å². The fourth-order valence-electron chi connectivity index (χ4n) is 2.15. The Balaban J connectivity index is 2.56. The van der Waals surface area contributed by atoms with E-state index in [0.29, 0.717) is 10.6 Å². The van der Waals surface area contributed by atoms with Gasteiger partial charge in [-0.2, -0.15) is 0 Å². The van der Waals surface area contributed by atoms with Crippen molar-refractivity contribution in [2.75, 3.05) is 6.61 Å². The maximum Gasteiger partial charge on any atom is 0.342 e. The maximum absolute atomic E-state index is 11.4. The minimum Gasteiger partial charge on any atom is -0.477 e. The largest absolute Gasteiger partial charge is 0.477 e. The molecule has 0 atom stereocenters. The molecule has 7 nitrogen and oxygen atoms in total. The summed E-state index contributed by atoms with van der Waals surface area (Å²) in [6.45, 7) is -0.200. The van der Waals surface area contributed by atoms with Gasteiger partial charge in [0, 0.05) is 22.7 Å². The van der Waals surface area contributed by atoms with Crippen LogP contribution in [0, 0.1) is 10.1 Å². The van der Waals surface area contributed by atoms with Crippen LogP contribution in [-0.2, 0) is 6.42 Å². The summed E-state index contributed by atoms with van der Waals surface area (Å²) in [5.74, 6) is -1.14. The Hall–Kier alpha value is -2.61. The topological polar surface area (TPSA) is 110 Å². The summed E-state index contributed by atoms with van der Waals surface area (Å²) in [5, 5.41) is 29.9. The van der Waals surface area contributed by atoms with Crippen LogP contribution < -0.4 is 4.74 Å². The zero-order valence-electron chi connectivity index (χ0n) is 13.2. The molecule has 2 aromatic carbocycles. The van der Waals surface area contributed by atoms with Crippen LogP contribution >= 0.6 is 23.2 Å². The fraction of sp³-hybridized carbons (Fsp3) is 0.118. The Kier molecular flexibility index (Phi) is 6.57. The van der Waals surface area contributed by atoms with E-state index in [1.807, 2.05) is 0 Å². The molecule has 0 aliphatic rings. The van der Waals surface area contributed by atoms with Crippen LogP contribution in [0.2, 0.25) is 10.0 Å². The monoisotopic (exact) mass is 397 g/mol. The Morgan fingerprint density at radius 1 is 1.19 bits per heavy atom. The SMILES string of the molecule is O=C(O)c1cc(Oc2ccc(Cl)cc2Cl)c(CC=CCO)cc1[N+](=O)[O-]. The van der Waals surface area contributed by atoms with Gasteiger partial charge in [0.25, 0.3) is 5.69 Å². The standard InChI is InChI=1S/C17H13Cl2NO6/c18-11-4-5-15(13(19)8-11)26-16-9-12(17(22)23)14(20(24)25)7-10(16)3-1-2-6-21/h1-2,4-5,7-9,21H,3,6H2,(H,22,23). The van der Waals surface area contributed by atoms with Crippen molar-refractivity contribution >= 4 is 34.9 Å². The van der Waals surface area contributed by atoms with Gasteiger partial charge in [0.15, 0.2) is 0 Å².